The first-order chi connectivity index (χ1) is 18.4. The molecule has 1 atom stereocenters. The third kappa shape index (κ3) is 11.0. The lowest BCUT2D eigenvalue weighted by atomic mass is 10.0. The first-order valence-corrected chi connectivity index (χ1v) is 13.4. The maximum atomic E-state index is 13.4. The van der Waals surface area contributed by atoms with Crippen molar-refractivity contribution in [3.63, 3.8) is 0 Å². The van der Waals surface area contributed by atoms with E-state index >= 15 is 0 Å². The number of allylic oxidation sites excluding steroid dienone is 5. The number of ether oxygens (including phenoxy) is 1. The lowest BCUT2D eigenvalue weighted by Gasteiger charge is -2.20. The Morgan fingerprint density at radius 2 is 1.69 bits per heavy atom. The molecule has 1 unspecified atom stereocenters. The summed E-state index contributed by atoms with van der Waals surface area (Å²) in [5.74, 6) is -0.463. The molecule has 0 aliphatic rings. The summed E-state index contributed by atoms with van der Waals surface area (Å²) in [5, 5.41) is 5.50. The van der Waals surface area contributed by atoms with Gasteiger partial charge in [-0.05, 0) is 49.6 Å². The van der Waals surface area contributed by atoms with Gasteiger partial charge in [0.15, 0.2) is 0 Å². The molecule has 0 saturated heterocycles. The van der Waals surface area contributed by atoms with Crippen LogP contribution in [-0.2, 0) is 32.7 Å². The van der Waals surface area contributed by atoms with Crippen molar-refractivity contribution in [3.05, 3.63) is 101 Å². The number of methoxy groups -OCH3 is 1. The maximum absolute atomic E-state index is 13.4. The summed E-state index contributed by atoms with van der Waals surface area (Å²) < 4.78 is 37.9. The normalized spacial score (nSPS) is 13.6. The van der Waals surface area contributed by atoms with Crippen molar-refractivity contribution in [1.82, 2.24) is 10.6 Å². The van der Waals surface area contributed by atoms with Crippen LogP contribution < -0.4 is 15.4 Å². The van der Waals surface area contributed by atoms with E-state index in [9.17, 15) is 18.0 Å². The van der Waals surface area contributed by atoms with Gasteiger partial charge < -0.3 is 15.4 Å². The van der Waals surface area contributed by atoms with E-state index < -0.39 is 28.3 Å². The second kappa shape index (κ2) is 14.6. The van der Waals surface area contributed by atoms with Crippen LogP contribution in [0, 0.1) is 0 Å². The van der Waals surface area contributed by atoms with E-state index in [1.165, 1.54) is 19.2 Å². The summed E-state index contributed by atoms with van der Waals surface area (Å²) in [4.78, 5) is 30.1. The van der Waals surface area contributed by atoms with E-state index in [4.69, 9.17) is 9.29 Å². The Balaban J connectivity index is 2.43. The zero-order chi connectivity index (χ0) is 29.0. The van der Waals surface area contributed by atoms with Gasteiger partial charge in [0.1, 0.15) is 6.04 Å². The molecule has 0 aliphatic heterocycles. The Morgan fingerprint density at radius 1 is 1.05 bits per heavy atom. The quantitative estimate of drug-likeness (QED) is 0.174. The van der Waals surface area contributed by atoms with Crippen molar-refractivity contribution >= 4 is 33.7 Å². The molecule has 11 heteroatoms. The molecule has 2 rings (SSSR count). The Morgan fingerprint density at radius 3 is 2.26 bits per heavy atom. The highest BCUT2D eigenvalue weighted by molar-refractivity contribution is 7.87. The summed E-state index contributed by atoms with van der Waals surface area (Å²) in [6, 6.07) is 14.6. The SMILES string of the molecule is C=C/C=C(C)/C(C)=N/C(C)=C(/Cc1ccc(NS(=O)(=O)O)cc1)NC(=O)C(Cc1ccccc1)NC(=O)OC. The third-order valence-electron chi connectivity index (χ3n) is 5.64. The zero-order valence-corrected chi connectivity index (χ0v) is 23.2. The number of aliphatic imine (C=N–C) groups is 1. The molecular weight excluding hydrogens is 520 g/mol. The molecule has 2 aromatic rings. The average Bonchev–Trinajstić information content (AvgIpc) is 2.88. The lowest BCUT2D eigenvalue weighted by molar-refractivity contribution is -0.122. The molecule has 0 aromatic heterocycles. The van der Waals surface area contributed by atoms with Gasteiger partial charge in [0.25, 0.3) is 0 Å². The number of hydrogen-bond acceptors (Lipinski definition) is 6. The van der Waals surface area contributed by atoms with Crippen molar-refractivity contribution in [3.8, 4) is 0 Å². The number of anilines is 1. The third-order valence-corrected chi connectivity index (χ3v) is 6.14. The van der Waals surface area contributed by atoms with Crippen molar-refractivity contribution in [2.75, 3.05) is 11.8 Å². The van der Waals surface area contributed by atoms with E-state index in [2.05, 4.69) is 22.2 Å². The van der Waals surface area contributed by atoms with Crippen LogP contribution in [0.25, 0.3) is 0 Å². The van der Waals surface area contributed by atoms with Crippen molar-refractivity contribution in [2.45, 2.75) is 39.7 Å². The number of nitrogens with zero attached hydrogens (tertiary/aromatic N) is 1. The molecule has 0 aliphatic carbocycles. The molecule has 0 fully saturated rings. The zero-order valence-electron chi connectivity index (χ0n) is 22.4. The van der Waals surface area contributed by atoms with Crippen LogP contribution in [0.1, 0.15) is 31.9 Å². The number of carbonyl (C=O) groups is 2. The van der Waals surface area contributed by atoms with Gasteiger partial charge in [0, 0.05) is 24.3 Å². The van der Waals surface area contributed by atoms with Crippen LogP contribution in [0.3, 0.4) is 0 Å². The van der Waals surface area contributed by atoms with Crippen LogP contribution in [0.5, 0.6) is 0 Å². The molecule has 208 valence electrons. The molecule has 39 heavy (non-hydrogen) atoms. The van der Waals surface area contributed by atoms with Crippen LogP contribution in [0.15, 0.2) is 95.3 Å². The maximum Gasteiger partial charge on any atom is 0.407 e. The van der Waals surface area contributed by atoms with E-state index in [0.717, 1.165) is 22.4 Å². The molecule has 4 N–H and O–H groups in total. The van der Waals surface area contributed by atoms with Gasteiger partial charge in [-0.25, -0.2) is 4.79 Å². The number of nitrogens with one attached hydrogen (secondary N) is 3. The number of benzene rings is 2. The van der Waals surface area contributed by atoms with Gasteiger partial charge in [-0.1, -0.05) is 61.2 Å². The summed E-state index contributed by atoms with van der Waals surface area (Å²) in [5.41, 5.74) is 4.39. The van der Waals surface area contributed by atoms with Gasteiger partial charge in [0.05, 0.1) is 18.5 Å². The fourth-order valence-corrected chi connectivity index (χ4v) is 3.94. The molecule has 0 bridgehead atoms. The Labute approximate surface area is 229 Å². The first-order valence-electron chi connectivity index (χ1n) is 12.0. The van der Waals surface area contributed by atoms with Crippen LogP contribution in [0.4, 0.5) is 10.5 Å². The summed E-state index contributed by atoms with van der Waals surface area (Å²) in [6.07, 6.45) is 3.20. The minimum Gasteiger partial charge on any atom is -0.453 e. The summed E-state index contributed by atoms with van der Waals surface area (Å²) in [7, 11) is -3.19. The molecule has 10 nitrogen and oxygen atoms in total. The Kier molecular flexibility index (Phi) is 11.6. The Bertz CT molecular complexity index is 1360. The Hall–Kier alpha value is -4.22. The van der Waals surface area contributed by atoms with Crippen LogP contribution >= 0.6 is 0 Å². The van der Waals surface area contributed by atoms with Crippen LogP contribution in [0.2, 0.25) is 0 Å². The number of hydrogen-bond donors (Lipinski definition) is 4. The number of amides is 2. The summed E-state index contributed by atoms with van der Waals surface area (Å²) >= 11 is 0. The second-order valence-corrected chi connectivity index (χ2v) is 9.82. The van der Waals surface area contributed by atoms with Crippen molar-refractivity contribution in [2.24, 2.45) is 4.99 Å². The number of carbonyl (C=O) groups excluding carboxylic acids is 2. The molecule has 0 heterocycles. The van der Waals surface area contributed by atoms with Gasteiger partial charge >= 0.3 is 16.4 Å². The average molecular weight is 555 g/mol. The lowest BCUT2D eigenvalue weighted by Crippen LogP contribution is -2.48. The molecule has 0 spiro atoms. The number of rotatable bonds is 12. The van der Waals surface area contributed by atoms with E-state index in [1.54, 1.807) is 25.1 Å². The molecule has 0 saturated carbocycles. The largest absolute Gasteiger partial charge is 0.453 e. The van der Waals surface area contributed by atoms with Crippen LogP contribution in [-0.4, -0.2) is 43.8 Å². The second-order valence-electron chi connectivity index (χ2n) is 8.66. The standard InChI is InChI=1S/C28H34N4O6S/c1-6-10-19(2)20(3)29-21(4)25(17-23-13-15-24(16-14-23)32-39(35,36)37)30-27(33)26(31-28(34)38-5)18-22-11-8-7-9-12-22/h6-16,26,32H,1,17-18H2,2-5H3,(H,30,33)(H,31,34)(H,35,36,37)/b19-10+,25-21-,29-20+. The number of alkyl carbamates (subject to hydrolysis) is 1. The van der Waals surface area contributed by atoms with Gasteiger partial charge in [-0.3, -0.25) is 19.1 Å². The van der Waals surface area contributed by atoms with Crippen molar-refractivity contribution < 1.29 is 27.3 Å². The highest BCUT2D eigenvalue weighted by atomic mass is 32.2. The predicted molar refractivity (Wildman–Crippen MR) is 153 cm³/mol. The van der Waals surface area contributed by atoms with E-state index in [1.807, 2.05) is 55.0 Å². The highest BCUT2D eigenvalue weighted by Crippen LogP contribution is 2.17. The van der Waals surface area contributed by atoms with Gasteiger partial charge in [0.2, 0.25) is 5.91 Å². The van der Waals surface area contributed by atoms with Crippen molar-refractivity contribution in [1.29, 1.82) is 0 Å². The minimum atomic E-state index is -4.41. The minimum absolute atomic E-state index is 0.178. The van der Waals surface area contributed by atoms with Gasteiger partial charge in [-0.15, -0.1) is 0 Å². The topological polar surface area (TPSA) is 146 Å². The predicted octanol–water partition coefficient (Wildman–Crippen LogP) is 4.35. The monoisotopic (exact) mass is 554 g/mol. The fraction of sp³-hybridized carbons (Fsp3) is 0.250. The molecule has 2 amide bonds. The van der Waals surface area contributed by atoms with E-state index in [0.29, 0.717) is 11.4 Å². The summed E-state index contributed by atoms with van der Waals surface area (Å²) in [6.45, 7) is 9.19. The van der Waals surface area contributed by atoms with E-state index in [-0.39, 0.29) is 18.5 Å². The fourth-order valence-electron chi connectivity index (χ4n) is 3.51. The molecule has 0 radical (unpaired) electrons. The van der Waals surface area contributed by atoms with Gasteiger partial charge in [-0.2, -0.15) is 8.42 Å². The molecule has 2 aromatic carbocycles. The smallest absolute Gasteiger partial charge is 0.407 e. The molecular formula is C28H34N4O6S. The highest BCUT2D eigenvalue weighted by Gasteiger charge is 2.23. The first kappa shape index (κ1) is 31.0.